The van der Waals surface area contributed by atoms with Gasteiger partial charge in [0.15, 0.2) is 0 Å². The van der Waals surface area contributed by atoms with E-state index >= 15 is 0 Å². The van der Waals surface area contributed by atoms with Gasteiger partial charge < -0.3 is 9.73 Å². The van der Waals surface area contributed by atoms with Gasteiger partial charge in [0.2, 0.25) is 17.7 Å². The molecule has 6 nitrogen and oxygen atoms in total. The third-order valence-corrected chi connectivity index (χ3v) is 6.36. The normalized spacial score (nSPS) is 11.1. The summed E-state index contributed by atoms with van der Waals surface area (Å²) in [7, 11) is 0. The fraction of sp³-hybridized carbons (Fsp3) is 0.154. The lowest BCUT2D eigenvalue weighted by Gasteiger charge is -2.05. The Balaban J connectivity index is 1.18. The summed E-state index contributed by atoms with van der Waals surface area (Å²) in [5.74, 6) is 0.807. The number of nitrogens with zero attached hydrogens (tertiary/aromatic N) is 3. The molecule has 0 aliphatic carbocycles. The van der Waals surface area contributed by atoms with Crippen molar-refractivity contribution in [2.75, 3.05) is 5.32 Å². The SMILES string of the molecule is Cc1ccc(-c2nnc(CCC(=O)Nc3ccc(-c4nc5ccc(C)cc5s4)cc3)o2)cc1. The molecule has 1 amide bonds. The van der Waals surface area contributed by atoms with Crippen LogP contribution in [0.2, 0.25) is 0 Å². The van der Waals surface area contributed by atoms with Gasteiger partial charge in [-0.3, -0.25) is 4.79 Å². The number of benzene rings is 3. The Hall–Kier alpha value is -3.84. The Bertz CT molecular complexity index is 1420. The van der Waals surface area contributed by atoms with Crippen molar-refractivity contribution in [2.24, 2.45) is 0 Å². The first-order chi connectivity index (χ1) is 16.0. The maximum atomic E-state index is 12.4. The highest BCUT2D eigenvalue weighted by molar-refractivity contribution is 7.21. The van der Waals surface area contributed by atoms with Crippen LogP contribution >= 0.6 is 11.3 Å². The predicted molar refractivity (Wildman–Crippen MR) is 131 cm³/mol. The van der Waals surface area contributed by atoms with Gasteiger partial charge in [0.05, 0.1) is 10.2 Å². The van der Waals surface area contributed by atoms with Crippen molar-refractivity contribution >= 4 is 33.1 Å². The summed E-state index contributed by atoms with van der Waals surface area (Å²) in [6, 6.07) is 21.9. The van der Waals surface area contributed by atoms with Crippen LogP contribution in [0.25, 0.3) is 32.2 Å². The minimum atomic E-state index is -0.103. The van der Waals surface area contributed by atoms with Crippen molar-refractivity contribution in [3.8, 4) is 22.0 Å². The van der Waals surface area contributed by atoms with Crippen molar-refractivity contribution < 1.29 is 9.21 Å². The number of thiazole rings is 1. The minimum Gasteiger partial charge on any atom is -0.421 e. The van der Waals surface area contributed by atoms with E-state index in [9.17, 15) is 4.79 Å². The van der Waals surface area contributed by atoms with E-state index in [2.05, 4.69) is 34.6 Å². The number of rotatable bonds is 6. The van der Waals surface area contributed by atoms with Crippen LogP contribution in [-0.4, -0.2) is 21.1 Å². The molecule has 3 aromatic carbocycles. The second-order valence-corrected chi connectivity index (χ2v) is 9.01. The van der Waals surface area contributed by atoms with Crippen LogP contribution in [0.3, 0.4) is 0 Å². The first-order valence-electron chi connectivity index (χ1n) is 10.7. The molecule has 2 heterocycles. The first-order valence-corrected chi connectivity index (χ1v) is 11.5. The Morgan fingerprint density at radius 2 is 1.64 bits per heavy atom. The minimum absolute atomic E-state index is 0.103. The van der Waals surface area contributed by atoms with Crippen LogP contribution in [0, 0.1) is 13.8 Å². The number of aryl methyl sites for hydroxylation is 3. The summed E-state index contributed by atoms with van der Waals surface area (Å²) in [6.07, 6.45) is 0.641. The lowest BCUT2D eigenvalue weighted by atomic mass is 10.1. The summed E-state index contributed by atoms with van der Waals surface area (Å²) in [5.41, 5.74) is 6.03. The fourth-order valence-corrected chi connectivity index (χ4v) is 4.53. The van der Waals surface area contributed by atoms with Crippen molar-refractivity contribution in [2.45, 2.75) is 26.7 Å². The van der Waals surface area contributed by atoms with Crippen LogP contribution in [0.4, 0.5) is 5.69 Å². The van der Waals surface area contributed by atoms with Gasteiger partial charge in [-0.25, -0.2) is 4.98 Å². The predicted octanol–water partition coefficient (Wildman–Crippen LogP) is 6.20. The summed E-state index contributed by atoms with van der Waals surface area (Å²) in [4.78, 5) is 17.1. The Morgan fingerprint density at radius 3 is 2.42 bits per heavy atom. The van der Waals surface area contributed by atoms with Gasteiger partial charge in [-0.1, -0.05) is 23.8 Å². The van der Waals surface area contributed by atoms with Crippen LogP contribution in [0.1, 0.15) is 23.4 Å². The largest absolute Gasteiger partial charge is 0.421 e. The molecule has 2 aromatic heterocycles. The highest BCUT2D eigenvalue weighted by Crippen LogP contribution is 2.31. The molecule has 1 N–H and O–H groups in total. The van der Waals surface area contributed by atoms with Crippen molar-refractivity contribution in [1.82, 2.24) is 15.2 Å². The maximum absolute atomic E-state index is 12.4. The van der Waals surface area contributed by atoms with Gasteiger partial charge >= 0.3 is 0 Å². The van der Waals surface area contributed by atoms with Gasteiger partial charge in [0.25, 0.3) is 0 Å². The van der Waals surface area contributed by atoms with Crippen LogP contribution < -0.4 is 5.32 Å². The molecular weight excluding hydrogens is 432 g/mol. The fourth-order valence-electron chi connectivity index (χ4n) is 3.46. The molecule has 5 rings (SSSR count). The topological polar surface area (TPSA) is 80.9 Å². The molecule has 0 radical (unpaired) electrons. The van der Waals surface area contributed by atoms with E-state index in [0.717, 1.165) is 27.3 Å². The monoisotopic (exact) mass is 454 g/mol. The highest BCUT2D eigenvalue weighted by atomic mass is 32.1. The van der Waals surface area contributed by atoms with E-state index in [1.54, 1.807) is 11.3 Å². The van der Waals surface area contributed by atoms with Crippen molar-refractivity contribution in [3.63, 3.8) is 0 Å². The quantitative estimate of drug-likeness (QED) is 0.330. The molecule has 0 aliphatic heterocycles. The number of anilines is 1. The van der Waals surface area contributed by atoms with Gasteiger partial charge in [0, 0.05) is 29.7 Å². The van der Waals surface area contributed by atoms with E-state index < -0.39 is 0 Å². The third kappa shape index (κ3) is 4.83. The molecule has 0 atom stereocenters. The lowest BCUT2D eigenvalue weighted by Crippen LogP contribution is -2.12. The van der Waals surface area contributed by atoms with Crippen molar-refractivity contribution in [3.05, 3.63) is 83.7 Å². The number of nitrogens with one attached hydrogen (secondary N) is 1. The number of carbonyl (C=O) groups is 1. The van der Waals surface area contributed by atoms with Gasteiger partial charge in [-0.2, -0.15) is 0 Å². The number of amides is 1. The second kappa shape index (κ2) is 8.96. The summed E-state index contributed by atoms with van der Waals surface area (Å²) < 4.78 is 6.87. The number of hydrogen-bond donors (Lipinski definition) is 1. The molecule has 5 aromatic rings. The number of fused-ring (bicyclic) bond motifs is 1. The number of hydrogen-bond acceptors (Lipinski definition) is 6. The molecule has 7 heteroatoms. The van der Waals surface area contributed by atoms with Gasteiger partial charge in [0.1, 0.15) is 5.01 Å². The van der Waals surface area contributed by atoms with E-state index in [0.29, 0.717) is 18.2 Å². The van der Waals surface area contributed by atoms with Crippen molar-refractivity contribution in [1.29, 1.82) is 0 Å². The highest BCUT2D eigenvalue weighted by Gasteiger charge is 2.11. The zero-order valence-electron chi connectivity index (χ0n) is 18.3. The molecule has 0 saturated heterocycles. The van der Waals surface area contributed by atoms with E-state index in [1.807, 2.05) is 61.5 Å². The molecule has 0 spiro atoms. The zero-order chi connectivity index (χ0) is 22.8. The summed E-state index contributed by atoms with van der Waals surface area (Å²) >= 11 is 1.67. The average molecular weight is 455 g/mol. The molecular formula is C26H22N4O2S. The summed E-state index contributed by atoms with van der Waals surface area (Å²) in [6.45, 7) is 4.11. The van der Waals surface area contributed by atoms with Crippen LogP contribution in [-0.2, 0) is 11.2 Å². The lowest BCUT2D eigenvalue weighted by molar-refractivity contribution is -0.116. The Kier molecular flexibility index (Phi) is 5.71. The Labute approximate surface area is 195 Å². The molecule has 33 heavy (non-hydrogen) atoms. The number of aromatic nitrogens is 3. The van der Waals surface area contributed by atoms with Crippen LogP contribution in [0.15, 0.2) is 71.1 Å². The smallest absolute Gasteiger partial charge is 0.247 e. The third-order valence-electron chi connectivity index (χ3n) is 5.29. The molecule has 164 valence electrons. The average Bonchev–Trinajstić information content (AvgIpc) is 3.46. The second-order valence-electron chi connectivity index (χ2n) is 7.98. The first kappa shape index (κ1) is 21.0. The van der Waals surface area contributed by atoms with Crippen LogP contribution in [0.5, 0.6) is 0 Å². The molecule has 0 saturated carbocycles. The van der Waals surface area contributed by atoms with E-state index in [-0.39, 0.29) is 12.3 Å². The van der Waals surface area contributed by atoms with Gasteiger partial charge in [-0.05, 0) is 67.9 Å². The number of carbonyl (C=O) groups excluding carboxylic acids is 1. The molecule has 0 aliphatic rings. The van der Waals surface area contributed by atoms with E-state index in [1.165, 1.54) is 15.8 Å². The summed E-state index contributed by atoms with van der Waals surface area (Å²) in [5, 5.41) is 12.0. The van der Waals surface area contributed by atoms with E-state index in [4.69, 9.17) is 9.40 Å². The molecule has 0 unspecified atom stereocenters. The standard InChI is InChI=1S/C26H22N4O2S/c1-16-3-6-18(7-4-16)25-30-29-24(32-25)14-13-23(31)27-20-10-8-19(9-11-20)26-28-21-12-5-17(2)15-22(21)33-26/h3-12,15H,13-14H2,1-2H3,(H,27,31). The zero-order valence-corrected chi connectivity index (χ0v) is 19.1. The van der Waals surface area contributed by atoms with Gasteiger partial charge in [-0.15, -0.1) is 21.5 Å². The Morgan fingerprint density at radius 1 is 0.909 bits per heavy atom. The molecule has 0 fully saturated rings. The molecule has 0 bridgehead atoms. The maximum Gasteiger partial charge on any atom is 0.247 e.